The smallest absolute Gasteiger partial charge is 0.246 e. The van der Waals surface area contributed by atoms with Gasteiger partial charge in [-0.25, -0.2) is 0 Å². The summed E-state index contributed by atoms with van der Waals surface area (Å²) in [6.45, 7) is 1.23. The largest absolute Gasteiger partial charge is 0.508 e. The molecule has 102 valence electrons. The Balaban J connectivity index is 1.71. The molecule has 0 aliphatic carbocycles. The maximum atomic E-state index is 12.1. The Labute approximate surface area is 116 Å². The van der Waals surface area contributed by atoms with Crippen molar-refractivity contribution in [2.45, 2.75) is 13.0 Å². The number of benzene rings is 1. The summed E-state index contributed by atoms with van der Waals surface area (Å²) in [5.41, 5.74) is 2.21. The molecule has 20 heavy (non-hydrogen) atoms. The van der Waals surface area contributed by atoms with Crippen LogP contribution in [-0.4, -0.2) is 22.5 Å². The van der Waals surface area contributed by atoms with Crippen LogP contribution in [0.3, 0.4) is 0 Å². The number of rotatable bonds is 2. The molecule has 2 aromatic rings. The van der Waals surface area contributed by atoms with Crippen molar-refractivity contribution >= 4 is 12.0 Å². The van der Waals surface area contributed by atoms with E-state index in [2.05, 4.69) is 0 Å². The number of phenols is 1. The van der Waals surface area contributed by atoms with Crippen LogP contribution in [0.15, 0.2) is 47.1 Å². The lowest BCUT2D eigenvalue weighted by Crippen LogP contribution is -2.34. The number of carbonyl (C=O) groups excluding carboxylic acids is 1. The van der Waals surface area contributed by atoms with Gasteiger partial charge in [0.15, 0.2) is 0 Å². The number of amides is 1. The van der Waals surface area contributed by atoms with Crippen LogP contribution in [0.25, 0.3) is 6.08 Å². The van der Waals surface area contributed by atoms with Gasteiger partial charge < -0.3 is 14.4 Å². The molecular formula is C16H15NO3. The number of carbonyl (C=O) groups is 1. The maximum absolute atomic E-state index is 12.1. The van der Waals surface area contributed by atoms with E-state index in [1.165, 1.54) is 11.6 Å². The molecule has 0 saturated heterocycles. The van der Waals surface area contributed by atoms with Gasteiger partial charge in [0.25, 0.3) is 0 Å². The second-order valence-corrected chi connectivity index (χ2v) is 4.81. The standard InChI is InChI=1S/C16H15NO3/c18-14-4-3-12-7-8-17(11-13(12)10-14)16(19)6-5-15-2-1-9-20-15/h1-6,9-10,18H,7-8,11H2. The molecule has 0 radical (unpaired) electrons. The first-order chi connectivity index (χ1) is 9.72. The molecule has 1 aromatic heterocycles. The van der Waals surface area contributed by atoms with Crippen molar-refractivity contribution in [2.24, 2.45) is 0 Å². The molecule has 0 fully saturated rings. The van der Waals surface area contributed by atoms with E-state index in [0.717, 1.165) is 12.0 Å². The van der Waals surface area contributed by atoms with Crippen LogP contribution < -0.4 is 0 Å². The van der Waals surface area contributed by atoms with Gasteiger partial charge >= 0.3 is 0 Å². The minimum atomic E-state index is -0.0459. The summed E-state index contributed by atoms with van der Waals surface area (Å²) < 4.78 is 5.15. The zero-order chi connectivity index (χ0) is 13.9. The Morgan fingerprint density at radius 2 is 2.20 bits per heavy atom. The fraction of sp³-hybridized carbons (Fsp3) is 0.188. The highest BCUT2D eigenvalue weighted by molar-refractivity contribution is 5.91. The van der Waals surface area contributed by atoms with Gasteiger partial charge in [0.05, 0.1) is 6.26 Å². The quantitative estimate of drug-likeness (QED) is 0.852. The Hall–Kier alpha value is -2.49. The van der Waals surface area contributed by atoms with Crippen LogP contribution in [-0.2, 0) is 17.8 Å². The molecule has 3 rings (SSSR count). The molecule has 1 aromatic carbocycles. The highest BCUT2D eigenvalue weighted by Gasteiger charge is 2.19. The third kappa shape index (κ3) is 2.59. The molecule has 4 heteroatoms. The van der Waals surface area contributed by atoms with Gasteiger partial charge in [0.2, 0.25) is 5.91 Å². The van der Waals surface area contributed by atoms with E-state index in [-0.39, 0.29) is 11.7 Å². The molecule has 1 N–H and O–H groups in total. The summed E-state index contributed by atoms with van der Waals surface area (Å²) in [5.74, 6) is 0.855. The third-order valence-corrected chi connectivity index (χ3v) is 3.45. The minimum Gasteiger partial charge on any atom is -0.508 e. The molecule has 0 bridgehead atoms. The molecule has 1 amide bonds. The molecular weight excluding hydrogens is 254 g/mol. The normalized spacial score (nSPS) is 14.5. The number of nitrogens with zero attached hydrogens (tertiary/aromatic N) is 1. The second kappa shape index (κ2) is 5.25. The predicted molar refractivity (Wildman–Crippen MR) is 75.0 cm³/mol. The fourth-order valence-electron chi connectivity index (χ4n) is 2.38. The first-order valence-corrected chi connectivity index (χ1v) is 6.53. The van der Waals surface area contributed by atoms with Crippen LogP contribution in [0.2, 0.25) is 0 Å². The van der Waals surface area contributed by atoms with Crippen molar-refractivity contribution in [3.8, 4) is 5.75 Å². The van der Waals surface area contributed by atoms with Gasteiger partial charge in [-0.1, -0.05) is 6.07 Å². The Kier molecular flexibility index (Phi) is 3.29. The molecule has 1 aliphatic heterocycles. The molecule has 0 saturated carbocycles. The molecule has 1 aliphatic rings. The maximum Gasteiger partial charge on any atom is 0.246 e. The first kappa shape index (κ1) is 12.5. The number of hydrogen-bond donors (Lipinski definition) is 1. The van der Waals surface area contributed by atoms with Gasteiger partial charge in [-0.3, -0.25) is 4.79 Å². The van der Waals surface area contributed by atoms with Crippen LogP contribution in [0.4, 0.5) is 0 Å². The SMILES string of the molecule is O=C(C=Cc1ccco1)N1CCc2ccc(O)cc2C1. The van der Waals surface area contributed by atoms with Crippen LogP contribution in [0.5, 0.6) is 5.75 Å². The average molecular weight is 269 g/mol. The summed E-state index contributed by atoms with van der Waals surface area (Å²) in [6.07, 6.45) is 5.58. The van der Waals surface area contributed by atoms with E-state index in [0.29, 0.717) is 18.8 Å². The Morgan fingerprint density at radius 3 is 3.00 bits per heavy atom. The highest BCUT2D eigenvalue weighted by Crippen LogP contribution is 2.23. The molecule has 0 unspecified atom stereocenters. The van der Waals surface area contributed by atoms with E-state index >= 15 is 0 Å². The van der Waals surface area contributed by atoms with Crippen LogP contribution in [0, 0.1) is 0 Å². The van der Waals surface area contributed by atoms with E-state index in [4.69, 9.17) is 4.42 Å². The number of fused-ring (bicyclic) bond motifs is 1. The van der Waals surface area contributed by atoms with Gasteiger partial charge in [-0.2, -0.15) is 0 Å². The van der Waals surface area contributed by atoms with Gasteiger partial charge in [-0.05, 0) is 47.9 Å². The van der Waals surface area contributed by atoms with Gasteiger partial charge in [0, 0.05) is 19.2 Å². The van der Waals surface area contributed by atoms with Gasteiger partial charge in [-0.15, -0.1) is 0 Å². The molecule has 4 nitrogen and oxygen atoms in total. The average Bonchev–Trinajstić information content (AvgIpc) is 2.97. The number of aromatic hydroxyl groups is 1. The van der Waals surface area contributed by atoms with E-state index < -0.39 is 0 Å². The fourth-order valence-corrected chi connectivity index (χ4v) is 2.38. The van der Waals surface area contributed by atoms with Crippen molar-refractivity contribution in [3.63, 3.8) is 0 Å². The van der Waals surface area contributed by atoms with Crippen LogP contribution in [0.1, 0.15) is 16.9 Å². The summed E-state index contributed by atoms with van der Waals surface area (Å²) >= 11 is 0. The summed E-state index contributed by atoms with van der Waals surface area (Å²) in [6, 6.07) is 8.92. The number of hydrogen-bond acceptors (Lipinski definition) is 3. The van der Waals surface area contributed by atoms with Crippen molar-refractivity contribution in [3.05, 3.63) is 59.6 Å². The minimum absolute atomic E-state index is 0.0459. The number of furan rings is 1. The first-order valence-electron chi connectivity index (χ1n) is 6.53. The lowest BCUT2D eigenvalue weighted by atomic mass is 9.99. The Bertz CT molecular complexity index is 644. The van der Waals surface area contributed by atoms with Crippen molar-refractivity contribution in [1.29, 1.82) is 0 Å². The molecule has 2 heterocycles. The zero-order valence-corrected chi connectivity index (χ0v) is 11.0. The van der Waals surface area contributed by atoms with E-state index in [9.17, 15) is 9.90 Å². The molecule has 0 spiro atoms. The van der Waals surface area contributed by atoms with Crippen molar-refractivity contribution in [1.82, 2.24) is 4.90 Å². The summed E-state index contributed by atoms with van der Waals surface area (Å²) in [4.78, 5) is 13.9. The Morgan fingerprint density at radius 1 is 1.30 bits per heavy atom. The van der Waals surface area contributed by atoms with E-state index in [1.54, 1.807) is 41.5 Å². The lowest BCUT2D eigenvalue weighted by Gasteiger charge is -2.28. The van der Waals surface area contributed by atoms with Crippen molar-refractivity contribution < 1.29 is 14.3 Å². The van der Waals surface area contributed by atoms with E-state index in [1.807, 2.05) is 6.07 Å². The summed E-state index contributed by atoms with van der Waals surface area (Å²) in [5, 5.41) is 9.51. The van der Waals surface area contributed by atoms with Gasteiger partial charge in [0.1, 0.15) is 11.5 Å². The lowest BCUT2D eigenvalue weighted by molar-refractivity contribution is -0.126. The number of phenolic OH excluding ortho intramolecular Hbond substituents is 1. The third-order valence-electron chi connectivity index (χ3n) is 3.45. The summed E-state index contributed by atoms with van der Waals surface area (Å²) in [7, 11) is 0. The molecule has 0 atom stereocenters. The highest BCUT2D eigenvalue weighted by atomic mass is 16.3. The van der Waals surface area contributed by atoms with Crippen LogP contribution >= 0.6 is 0 Å². The topological polar surface area (TPSA) is 53.7 Å². The predicted octanol–water partition coefficient (Wildman–Crippen LogP) is 2.58. The van der Waals surface area contributed by atoms with Crippen molar-refractivity contribution in [2.75, 3.05) is 6.54 Å². The second-order valence-electron chi connectivity index (χ2n) is 4.81. The zero-order valence-electron chi connectivity index (χ0n) is 11.0. The monoisotopic (exact) mass is 269 g/mol.